The lowest BCUT2D eigenvalue weighted by atomic mass is 10.1. The fourth-order valence-corrected chi connectivity index (χ4v) is 4.94. The summed E-state index contributed by atoms with van der Waals surface area (Å²) in [5.41, 5.74) is 3.14. The van der Waals surface area contributed by atoms with Gasteiger partial charge in [0.1, 0.15) is 5.75 Å². The second-order valence-corrected chi connectivity index (χ2v) is 11.6. The van der Waals surface area contributed by atoms with Crippen molar-refractivity contribution >= 4 is 15.7 Å². The smallest absolute Gasteiger partial charge is 0.425 e. The maximum absolute atomic E-state index is 13.4. The number of ether oxygens (including phenoxy) is 1. The third-order valence-electron chi connectivity index (χ3n) is 6.03. The van der Waals surface area contributed by atoms with E-state index >= 15 is 0 Å². The third kappa shape index (κ3) is 4.97. The zero-order chi connectivity index (χ0) is 26.4. The van der Waals surface area contributed by atoms with E-state index in [0.717, 1.165) is 41.9 Å². The highest BCUT2D eigenvalue weighted by Crippen LogP contribution is 2.33. The van der Waals surface area contributed by atoms with Crippen molar-refractivity contribution in [1.82, 2.24) is 14.7 Å². The Hall–Kier alpha value is -3.34. The maximum atomic E-state index is 13.4. The number of halogens is 3. The first-order chi connectivity index (χ1) is 16.8. The zero-order valence-electron chi connectivity index (χ0n) is 20.2. The van der Waals surface area contributed by atoms with Crippen molar-refractivity contribution in [2.45, 2.75) is 63.2 Å². The van der Waals surface area contributed by atoms with Crippen LogP contribution in [0.4, 0.5) is 13.2 Å². The molecule has 4 rings (SSSR count). The van der Waals surface area contributed by atoms with Crippen LogP contribution in [-0.4, -0.2) is 46.5 Å². The van der Waals surface area contributed by atoms with Crippen molar-refractivity contribution in [3.63, 3.8) is 0 Å². The maximum Gasteiger partial charge on any atom is 0.425 e. The number of nitrogens with zero attached hydrogens (tertiary/aromatic N) is 3. The molecule has 0 bridgehead atoms. The van der Waals surface area contributed by atoms with Gasteiger partial charge in [0, 0.05) is 18.3 Å². The molecule has 1 amide bonds. The molecule has 0 spiro atoms. The predicted molar refractivity (Wildman–Crippen MR) is 127 cm³/mol. The summed E-state index contributed by atoms with van der Waals surface area (Å²) in [5.74, 6) is -0.970. The molecule has 192 valence electrons. The van der Waals surface area contributed by atoms with Crippen LogP contribution >= 0.6 is 0 Å². The van der Waals surface area contributed by atoms with E-state index in [9.17, 15) is 26.4 Å². The normalized spacial score (nSPS) is 14.7. The Morgan fingerprint density at radius 1 is 1.08 bits per heavy atom. The summed E-state index contributed by atoms with van der Waals surface area (Å²) in [5, 5.41) is 3.78. The molecule has 36 heavy (non-hydrogen) atoms. The number of aryl methyl sites for hydroxylation is 1. The van der Waals surface area contributed by atoms with Crippen LogP contribution in [0, 0.1) is 6.92 Å². The van der Waals surface area contributed by atoms with Crippen molar-refractivity contribution in [3.05, 3.63) is 71.0 Å². The Morgan fingerprint density at radius 3 is 2.42 bits per heavy atom. The number of amides is 1. The second-order valence-electron chi connectivity index (χ2n) is 9.10. The number of alkyl halides is 3. The summed E-state index contributed by atoms with van der Waals surface area (Å²) in [7, 11) is -3.78. The van der Waals surface area contributed by atoms with Crippen LogP contribution < -0.4 is 4.74 Å². The Bertz CT molecular complexity index is 1390. The second kappa shape index (κ2) is 9.27. The van der Waals surface area contributed by atoms with Crippen LogP contribution in [0.25, 0.3) is 5.69 Å². The van der Waals surface area contributed by atoms with E-state index < -0.39 is 33.3 Å². The van der Waals surface area contributed by atoms with E-state index in [1.165, 1.54) is 18.7 Å². The lowest BCUT2D eigenvalue weighted by Gasteiger charge is -2.22. The van der Waals surface area contributed by atoms with Gasteiger partial charge in [0.2, 0.25) is 0 Å². The van der Waals surface area contributed by atoms with E-state index in [0.29, 0.717) is 5.69 Å². The Labute approximate surface area is 207 Å². The Balaban J connectivity index is 1.65. The standard InChI is InChI=1S/C25H26F3N3O4S/c1-15(2)36(33,34)20-8-9-23(35-17(4)25(26,27)28)21(11-20)24(32)30-12-18-13-31(29-22(18)14-30)19-7-5-6-16(3)10-19/h5-11,13,15,17H,12,14H2,1-4H3. The number of hydrogen-bond acceptors (Lipinski definition) is 5. The van der Waals surface area contributed by atoms with Crippen molar-refractivity contribution in [2.24, 2.45) is 0 Å². The molecular weight excluding hydrogens is 495 g/mol. The number of benzene rings is 2. The molecule has 1 aliphatic rings. The van der Waals surface area contributed by atoms with Gasteiger partial charge in [-0.2, -0.15) is 18.3 Å². The van der Waals surface area contributed by atoms with Crippen molar-refractivity contribution in [2.75, 3.05) is 0 Å². The number of carbonyl (C=O) groups excluding carboxylic acids is 1. The molecule has 0 N–H and O–H groups in total. The summed E-state index contributed by atoms with van der Waals surface area (Å²) in [4.78, 5) is 14.7. The summed E-state index contributed by atoms with van der Waals surface area (Å²) in [6.07, 6.45) is -5.04. The number of sulfone groups is 1. The average Bonchev–Trinajstić information content (AvgIpc) is 3.37. The Morgan fingerprint density at radius 2 is 1.81 bits per heavy atom. The highest BCUT2D eigenvalue weighted by Gasteiger charge is 2.39. The molecule has 0 aliphatic carbocycles. The van der Waals surface area contributed by atoms with Crippen molar-refractivity contribution < 1.29 is 31.1 Å². The monoisotopic (exact) mass is 521 g/mol. The summed E-state index contributed by atoms with van der Waals surface area (Å²) in [6.45, 7) is 6.07. The molecule has 0 saturated carbocycles. The van der Waals surface area contributed by atoms with Gasteiger partial charge in [0.15, 0.2) is 15.9 Å². The van der Waals surface area contributed by atoms with Crippen LogP contribution in [0.5, 0.6) is 5.75 Å². The molecule has 2 heterocycles. The van der Waals surface area contributed by atoms with Crippen LogP contribution in [0.1, 0.15) is 48.0 Å². The van der Waals surface area contributed by atoms with Gasteiger partial charge in [-0.15, -0.1) is 0 Å². The SMILES string of the molecule is Cc1cccc(-n2cc3c(n2)CN(C(=O)c2cc(S(=O)(=O)C(C)C)ccc2OC(C)C(F)(F)F)C3)c1. The highest BCUT2D eigenvalue weighted by atomic mass is 32.2. The first-order valence-corrected chi connectivity index (χ1v) is 12.9. The summed E-state index contributed by atoms with van der Waals surface area (Å²) in [6, 6.07) is 11.1. The van der Waals surface area contributed by atoms with Gasteiger partial charge in [-0.1, -0.05) is 12.1 Å². The molecule has 1 aromatic heterocycles. The number of hydrogen-bond donors (Lipinski definition) is 0. The topological polar surface area (TPSA) is 81.5 Å². The van der Waals surface area contributed by atoms with Crippen LogP contribution in [0.3, 0.4) is 0 Å². The van der Waals surface area contributed by atoms with Crippen molar-refractivity contribution in [3.8, 4) is 11.4 Å². The van der Waals surface area contributed by atoms with Gasteiger partial charge in [-0.25, -0.2) is 13.1 Å². The van der Waals surface area contributed by atoms with Gasteiger partial charge in [0.05, 0.1) is 33.6 Å². The van der Waals surface area contributed by atoms with Gasteiger partial charge in [-0.3, -0.25) is 4.79 Å². The van der Waals surface area contributed by atoms with E-state index in [1.807, 2.05) is 31.2 Å². The van der Waals surface area contributed by atoms with Crippen LogP contribution in [-0.2, 0) is 22.9 Å². The number of aromatic nitrogens is 2. The lowest BCUT2D eigenvalue weighted by molar-refractivity contribution is -0.189. The first kappa shape index (κ1) is 25.7. The molecular formula is C25H26F3N3O4S. The molecule has 0 radical (unpaired) electrons. The molecule has 1 aliphatic heterocycles. The fraction of sp³-hybridized carbons (Fsp3) is 0.360. The molecule has 1 atom stereocenters. The summed E-state index contributed by atoms with van der Waals surface area (Å²) < 4.78 is 71.7. The molecule has 0 saturated heterocycles. The van der Waals surface area contributed by atoms with E-state index in [1.54, 1.807) is 10.9 Å². The van der Waals surface area contributed by atoms with Gasteiger partial charge in [-0.05, 0) is 63.6 Å². The van der Waals surface area contributed by atoms with Crippen LogP contribution in [0.15, 0.2) is 53.6 Å². The van der Waals surface area contributed by atoms with E-state index in [4.69, 9.17) is 4.74 Å². The number of fused-ring (bicyclic) bond motifs is 1. The Kier molecular flexibility index (Phi) is 6.63. The zero-order valence-corrected chi connectivity index (χ0v) is 21.0. The quantitative estimate of drug-likeness (QED) is 0.463. The van der Waals surface area contributed by atoms with Gasteiger partial charge < -0.3 is 9.64 Å². The molecule has 0 fully saturated rings. The number of carbonyl (C=O) groups is 1. The fourth-order valence-electron chi connectivity index (χ4n) is 3.85. The molecule has 1 unspecified atom stereocenters. The average molecular weight is 522 g/mol. The minimum Gasteiger partial charge on any atom is -0.480 e. The first-order valence-electron chi connectivity index (χ1n) is 11.3. The third-order valence-corrected chi connectivity index (χ3v) is 8.18. The highest BCUT2D eigenvalue weighted by molar-refractivity contribution is 7.92. The van der Waals surface area contributed by atoms with Gasteiger partial charge in [0.25, 0.3) is 5.91 Å². The molecule has 7 nitrogen and oxygen atoms in total. The molecule has 3 aromatic rings. The predicted octanol–water partition coefficient (Wildman–Crippen LogP) is 4.85. The van der Waals surface area contributed by atoms with E-state index in [2.05, 4.69) is 5.10 Å². The minimum atomic E-state index is -4.66. The largest absolute Gasteiger partial charge is 0.480 e. The number of rotatable bonds is 6. The van der Waals surface area contributed by atoms with Crippen molar-refractivity contribution in [1.29, 1.82) is 0 Å². The minimum absolute atomic E-state index is 0.127. The summed E-state index contributed by atoms with van der Waals surface area (Å²) >= 11 is 0. The van der Waals surface area contributed by atoms with Gasteiger partial charge >= 0.3 is 6.18 Å². The lowest BCUT2D eigenvalue weighted by Crippen LogP contribution is -2.33. The molecule has 2 aromatic carbocycles. The van der Waals surface area contributed by atoms with Crippen LogP contribution in [0.2, 0.25) is 0 Å². The molecule has 11 heteroatoms. The van der Waals surface area contributed by atoms with E-state index in [-0.39, 0.29) is 29.3 Å².